The molecule has 6 nitrogen and oxygen atoms in total. The Morgan fingerprint density at radius 3 is 2.67 bits per heavy atom. The summed E-state index contributed by atoms with van der Waals surface area (Å²) in [5, 5.41) is 7.35. The fourth-order valence-electron chi connectivity index (χ4n) is 2.45. The number of nitrogens with one attached hydrogen (secondary N) is 1. The Morgan fingerprint density at radius 2 is 1.96 bits per heavy atom. The molecule has 0 bridgehead atoms. The van der Waals surface area contributed by atoms with Crippen LogP contribution < -0.4 is 5.32 Å². The second-order valence-corrected chi connectivity index (χ2v) is 7.01. The van der Waals surface area contributed by atoms with Crippen LogP contribution >= 0.6 is 23.4 Å². The number of hydrogen-bond donors (Lipinski definition) is 1. The van der Waals surface area contributed by atoms with Gasteiger partial charge in [-0.2, -0.15) is 16.9 Å². The van der Waals surface area contributed by atoms with Crippen molar-refractivity contribution in [2.45, 2.75) is 0 Å². The van der Waals surface area contributed by atoms with E-state index in [1.165, 1.54) is 4.68 Å². The molecule has 1 aliphatic heterocycles. The van der Waals surface area contributed by atoms with Gasteiger partial charge in [0.05, 0.1) is 10.6 Å². The molecule has 126 valence electrons. The molecule has 1 fully saturated rings. The Balaban J connectivity index is 1.75. The predicted molar refractivity (Wildman–Crippen MR) is 95.8 cm³/mol. The molecular formula is C16H17ClN4O2S. The van der Waals surface area contributed by atoms with Crippen molar-refractivity contribution in [2.24, 2.45) is 7.05 Å². The maximum absolute atomic E-state index is 12.5. The summed E-state index contributed by atoms with van der Waals surface area (Å²) in [7, 11) is 1.69. The topological polar surface area (TPSA) is 67.2 Å². The van der Waals surface area contributed by atoms with E-state index in [9.17, 15) is 9.59 Å². The third kappa shape index (κ3) is 3.57. The van der Waals surface area contributed by atoms with Gasteiger partial charge < -0.3 is 10.2 Å². The monoisotopic (exact) mass is 364 g/mol. The molecule has 1 aromatic carbocycles. The quantitative estimate of drug-likeness (QED) is 0.908. The molecule has 0 spiro atoms. The minimum atomic E-state index is -0.336. The van der Waals surface area contributed by atoms with Crippen molar-refractivity contribution in [1.82, 2.24) is 14.7 Å². The number of rotatable bonds is 3. The van der Waals surface area contributed by atoms with Gasteiger partial charge in [0.1, 0.15) is 5.82 Å². The van der Waals surface area contributed by atoms with Crippen LogP contribution in [0.15, 0.2) is 30.3 Å². The molecule has 1 N–H and O–H groups in total. The van der Waals surface area contributed by atoms with Gasteiger partial charge in [0.2, 0.25) is 0 Å². The van der Waals surface area contributed by atoms with E-state index in [1.54, 1.807) is 42.3 Å². The van der Waals surface area contributed by atoms with E-state index in [0.717, 1.165) is 24.6 Å². The van der Waals surface area contributed by atoms with Crippen molar-refractivity contribution in [3.63, 3.8) is 0 Å². The van der Waals surface area contributed by atoms with Crippen LogP contribution in [-0.2, 0) is 7.05 Å². The first kappa shape index (κ1) is 16.9. The zero-order valence-corrected chi connectivity index (χ0v) is 14.7. The van der Waals surface area contributed by atoms with Crippen molar-refractivity contribution in [3.05, 3.63) is 46.6 Å². The van der Waals surface area contributed by atoms with Crippen LogP contribution in [0.4, 0.5) is 5.82 Å². The van der Waals surface area contributed by atoms with Gasteiger partial charge >= 0.3 is 0 Å². The number of carbonyl (C=O) groups is 2. The molecule has 1 aliphatic rings. The lowest BCUT2D eigenvalue weighted by Crippen LogP contribution is -2.38. The number of aromatic nitrogens is 2. The van der Waals surface area contributed by atoms with Crippen molar-refractivity contribution in [2.75, 3.05) is 29.9 Å². The molecular weight excluding hydrogens is 348 g/mol. The molecule has 0 saturated carbocycles. The summed E-state index contributed by atoms with van der Waals surface area (Å²) in [6.45, 7) is 1.45. The van der Waals surface area contributed by atoms with Crippen molar-refractivity contribution in [1.29, 1.82) is 0 Å². The van der Waals surface area contributed by atoms with Crippen LogP contribution in [0.5, 0.6) is 0 Å². The second-order valence-electron chi connectivity index (χ2n) is 5.38. The standard InChI is InChI=1S/C16H17ClN4O2S/c1-20-14(18-15(22)11-4-2-3-5-12(11)17)10-13(19-20)16(23)21-6-8-24-9-7-21/h2-5,10H,6-9H2,1H3,(H,18,22). The van der Waals surface area contributed by atoms with E-state index >= 15 is 0 Å². The minimum Gasteiger partial charge on any atom is -0.336 e. The lowest BCUT2D eigenvalue weighted by atomic mass is 10.2. The SMILES string of the molecule is Cn1nc(C(=O)N2CCSCC2)cc1NC(=O)c1ccccc1Cl. The van der Waals surface area contributed by atoms with Crippen LogP contribution in [0, 0.1) is 0 Å². The number of carbonyl (C=O) groups excluding carboxylic acids is 2. The number of thioether (sulfide) groups is 1. The van der Waals surface area contributed by atoms with Crippen LogP contribution in [0.25, 0.3) is 0 Å². The highest BCUT2D eigenvalue weighted by Crippen LogP contribution is 2.19. The zero-order chi connectivity index (χ0) is 17.1. The average molecular weight is 365 g/mol. The maximum Gasteiger partial charge on any atom is 0.274 e. The molecule has 2 heterocycles. The van der Waals surface area contributed by atoms with Crippen molar-refractivity contribution < 1.29 is 9.59 Å². The number of halogens is 1. The van der Waals surface area contributed by atoms with E-state index in [0.29, 0.717) is 22.1 Å². The van der Waals surface area contributed by atoms with Gasteiger partial charge in [-0.05, 0) is 12.1 Å². The molecule has 1 aromatic heterocycles. The molecule has 2 aromatic rings. The highest BCUT2D eigenvalue weighted by atomic mass is 35.5. The number of anilines is 1. The number of amides is 2. The molecule has 0 unspecified atom stereocenters. The third-order valence-corrected chi connectivity index (χ3v) is 5.03. The van der Waals surface area contributed by atoms with E-state index in [4.69, 9.17) is 11.6 Å². The van der Waals surface area contributed by atoms with E-state index in [2.05, 4.69) is 10.4 Å². The summed E-state index contributed by atoms with van der Waals surface area (Å²) >= 11 is 7.87. The summed E-state index contributed by atoms with van der Waals surface area (Å²) in [5.74, 6) is 1.89. The predicted octanol–water partition coefficient (Wildman–Crippen LogP) is 2.51. The van der Waals surface area contributed by atoms with Crippen LogP contribution in [0.2, 0.25) is 5.02 Å². The fraction of sp³-hybridized carbons (Fsp3) is 0.312. The van der Waals surface area contributed by atoms with Gasteiger partial charge in [0.25, 0.3) is 11.8 Å². The van der Waals surface area contributed by atoms with E-state index in [1.807, 2.05) is 11.8 Å². The van der Waals surface area contributed by atoms with Crippen LogP contribution in [0.1, 0.15) is 20.8 Å². The zero-order valence-electron chi connectivity index (χ0n) is 13.2. The normalized spacial score (nSPS) is 14.5. The van der Waals surface area contributed by atoms with Gasteiger partial charge in [-0.3, -0.25) is 14.3 Å². The summed E-state index contributed by atoms with van der Waals surface area (Å²) in [4.78, 5) is 26.6. The first-order chi connectivity index (χ1) is 11.6. The van der Waals surface area contributed by atoms with Crippen LogP contribution in [0.3, 0.4) is 0 Å². The number of benzene rings is 1. The fourth-order valence-corrected chi connectivity index (χ4v) is 3.57. The van der Waals surface area contributed by atoms with Crippen molar-refractivity contribution in [3.8, 4) is 0 Å². The third-order valence-electron chi connectivity index (χ3n) is 3.76. The smallest absolute Gasteiger partial charge is 0.274 e. The summed E-state index contributed by atoms with van der Waals surface area (Å²) < 4.78 is 1.49. The average Bonchev–Trinajstić information content (AvgIpc) is 2.96. The summed E-state index contributed by atoms with van der Waals surface area (Å²) in [6, 6.07) is 8.40. The number of nitrogens with zero attached hydrogens (tertiary/aromatic N) is 3. The molecule has 0 atom stereocenters. The molecule has 0 radical (unpaired) electrons. The Hall–Kier alpha value is -1.99. The van der Waals surface area contributed by atoms with E-state index < -0.39 is 0 Å². The molecule has 2 amide bonds. The lowest BCUT2D eigenvalue weighted by Gasteiger charge is -2.25. The molecule has 8 heteroatoms. The number of aryl methyl sites for hydroxylation is 1. The first-order valence-electron chi connectivity index (χ1n) is 7.53. The van der Waals surface area contributed by atoms with Crippen molar-refractivity contribution >= 4 is 41.0 Å². The van der Waals surface area contributed by atoms with E-state index in [-0.39, 0.29) is 11.8 Å². The Kier molecular flexibility index (Phi) is 5.11. The largest absolute Gasteiger partial charge is 0.336 e. The Labute approximate surface area is 149 Å². The van der Waals surface area contributed by atoms with Gasteiger partial charge in [-0.1, -0.05) is 23.7 Å². The number of hydrogen-bond acceptors (Lipinski definition) is 4. The minimum absolute atomic E-state index is 0.107. The highest BCUT2D eigenvalue weighted by Gasteiger charge is 2.22. The summed E-state index contributed by atoms with van der Waals surface area (Å²) in [6.07, 6.45) is 0. The molecule has 24 heavy (non-hydrogen) atoms. The molecule has 1 saturated heterocycles. The Morgan fingerprint density at radius 1 is 1.25 bits per heavy atom. The first-order valence-corrected chi connectivity index (χ1v) is 9.06. The van der Waals surface area contributed by atoms with Gasteiger partial charge in [-0.25, -0.2) is 0 Å². The summed E-state index contributed by atoms with van der Waals surface area (Å²) in [5.41, 5.74) is 0.708. The van der Waals surface area contributed by atoms with Gasteiger partial charge in [-0.15, -0.1) is 0 Å². The Bertz CT molecular complexity index is 771. The van der Waals surface area contributed by atoms with Gasteiger partial charge in [0.15, 0.2) is 5.69 Å². The van der Waals surface area contributed by atoms with Gasteiger partial charge in [0, 0.05) is 37.7 Å². The molecule has 3 rings (SSSR count). The highest BCUT2D eigenvalue weighted by molar-refractivity contribution is 7.99. The lowest BCUT2D eigenvalue weighted by molar-refractivity contribution is 0.0765. The van der Waals surface area contributed by atoms with Crippen LogP contribution in [-0.4, -0.2) is 51.1 Å². The second kappa shape index (κ2) is 7.27. The maximum atomic E-state index is 12.5. The molecule has 0 aliphatic carbocycles.